The summed E-state index contributed by atoms with van der Waals surface area (Å²) in [5.41, 5.74) is 7.70. The van der Waals surface area contributed by atoms with E-state index in [1.807, 2.05) is 6.07 Å². The van der Waals surface area contributed by atoms with E-state index in [1.165, 1.54) is 6.20 Å². The highest BCUT2D eigenvalue weighted by atomic mass is 16.5. The number of nitrogens with zero attached hydrogens (tertiary/aromatic N) is 2. The smallest absolute Gasteiger partial charge is 0.341 e. The molecule has 0 spiro atoms. The molecule has 0 fully saturated rings. The fraction of sp³-hybridized carbons (Fsp3) is 0.267. The van der Waals surface area contributed by atoms with Crippen LogP contribution in [-0.2, 0) is 9.53 Å². The summed E-state index contributed by atoms with van der Waals surface area (Å²) in [6.45, 7) is 3.76. The molecule has 1 amide bonds. The second-order valence-corrected chi connectivity index (χ2v) is 4.58. The Labute approximate surface area is 128 Å². The van der Waals surface area contributed by atoms with Gasteiger partial charge < -0.3 is 15.8 Å². The highest BCUT2D eigenvalue weighted by Crippen LogP contribution is 2.18. The highest BCUT2D eigenvalue weighted by Gasteiger charge is 2.16. The summed E-state index contributed by atoms with van der Waals surface area (Å²) in [5.74, 6) is -0.680. The van der Waals surface area contributed by atoms with E-state index in [0.717, 1.165) is 5.69 Å². The van der Waals surface area contributed by atoms with Gasteiger partial charge in [0.05, 0.1) is 30.7 Å². The lowest BCUT2D eigenvalue weighted by atomic mass is 10.2. The van der Waals surface area contributed by atoms with Gasteiger partial charge in [0.1, 0.15) is 5.56 Å². The largest absolute Gasteiger partial charge is 0.462 e. The minimum Gasteiger partial charge on any atom is -0.462 e. The van der Waals surface area contributed by atoms with Crippen molar-refractivity contribution in [3.63, 3.8) is 0 Å². The molecule has 1 aromatic heterocycles. The van der Waals surface area contributed by atoms with Gasteiger partial charge in [-0.15, -0.1) is 0 Å². The minimum absolute atomic E-state index is 0.0853. The molecule has 3 N–H and O–H groups in total. The number of hydrogen-bond donors (Lipinski definition) is 2. The zero-order chi connectivity index (χ0) is 16.1. The van der Waals surface area contributed by atoms with Crippen molar-refractivity contribution in [3.05, 3.63) is 41.7 Å². The summed E-state index contributed by atoms with van der Waals surface area (Å²) in [4.78, 5) is 23.2. The van der Waals surface area contributed by atoms with Crippen LogP contribution in [0.2, 0.25) is 0 Å². The maximum atomic E-state index is 11.8. The molecule has 0 saturated carbocycles. The van der Waals surface area contributed by atoms with Crippen LogP contribution in [0.15, 0.2) is 30.5 Å². The fourth-order valence-corrected chi connectivity index (χ4v) is 2.01. The van der Waals surface area contributed by atoms with Gasteiger partial charge >= 0.3 is 5.97 Å². The number of benzene rings is 1. The number of nitrogens with two attached hydrogens (primary N) is 1. The molecule has 0 radical (unpaired) electrons. The van der Waals surface area contributed by atoms with E-state index in [9.17, 15) is 9.59 Å². The summed E-state index contributed by atoms with van der Waals surface area (Å²) in [5, 5.41) is 6.88. The first-order valence-corrected chi connectivity index (χ1v) is 6.89. The molecule has 0 bridgehead atoms. The van der Waals surface area contributed by atoms with E-state index < -0.39 is 5.97 Å². The van der Waals surface area contributed by atoms with Crippen molar-refractivity contribution in [1.82, 2.24) is 9.78 Å². The van der Waals surface area contributed by atoms with Gasteiger partial charge in [0.25, 0.3) is 0 Å². The molecule has 0 saturated heterocycles. The number of nitrogens with one attached hydrogen (secondary N) is 1. The second-order valence-electron chi connectivity index (χ2n) is 4.58. The number of rotatable bonds is 5. The topological polar surface area (TPSA) is 99.2 Å². The van der Waals surface area contributed by atoms with Crippen molar-refractivity contribution in [1.29, 1.82) is 0 Å². The van der Waals surface area contributed by atoms with Crippen LogP contribution in [0.1, 0.15) is 23.0 Å². The highest BCUT2D eigenvalue weighted by molar-refractivity contribution is 5.92. The molecule has 0 unspecified atom stereocenters. The molecule has 0 atom stereocenters. The molecule has 116 valence electrons. The Bertz CT molecular complexity index is 694. The molecule has 2 rings (SSSR count). The Kier molecular flexibility index (Phi) is 4.90. The summed E-state index contributed by atoms with van der Waals surface area (Å²) in [7, 11) is 0. The third-order valence-corrected chi connectivity index (χ3v) is 3.07. The van der Waals surface area contributed by atoms with E-state index in [-0.39, 0.29) is 12.5 Å². The first-order chi connectivity index (χ1) is 10.6. The standard InChI is InChI=1S/C15H18N4O3/c1-3-22-15(21)13-9-17-19(10(13)2)12-6-4-5-11(7-12)18-14(20)8-16/h4-7,9H,3,8,16H2,1-2H3,(H,18,20). The van der Waals surface area contributed by atoms with Gasteiger partial charge in [-0.2, -0.15) is 5.10 Å². The van der Waals surface area contributed by atoms with Gasteiger partial charge in [-0.1, -0.05) is 6.07 Å². The zero-order valence-electron chi connectivity index (χ0n) is 12.5. The van der Waals surface area contributed by atoms with Crippen LogP contribution >= 0.6 is 0 Å². The number of esters is 1. The zero-order valence-corrected chi connectivity index (χ0v) is 12.5. The van der Waals surface area contributed by atoms with Crippen molar-refractivity contribution in [2.24, 2.45) is 5.73 Å². The average Bonchev–Trinajstić information content (AvgIpc) is 2.89. The van der Waals surface area contributed by atoms with Crippen LogP contribution in [0.5, 0.6) is 0 Å². The molecule has 2 aromatic rings. The van der Waals surface area contributed by atoms with Gasteiger partial charge in [-0.25, -0.2) is 9.48 Å². The first-order valence-electron chi connectivity index (χ1n) is 6.89. The first kappa shape index (κ1) is 15.7. The lowest BCUT2D eigenvalue weighted by Crippen LogP contribution is -2.21. The van der Waals surface area contributed by atoms with Gasteiger partial charge in [-0.05, 0) is 32.0 Å². The predicted molar refractivity (Wildman–Crippen MR) is 81.9 cm³/mol. The maximum Gasteiger partial charge on any atom is 0.341 e. The van der Waals surface area contributed by atoms with Gasteiger partial charge in [0.15, 0.2) is 0 Å². The van der Waals surface area contributed by atoms with Crippen molar-refractivity contribution in [3.8, 4) is 5.69 Å². The Hall–Kier alpha value is -2.67. The number of carbonyl (C=O) groups excluding carboxylic acids is 2. The van der Waals surface area contributed by atoms with E-state index in [4.69, 9.17) is 10.5 Å². The lowest BCUT2D eigenvalue weighted by molar-refractivity contribution is -0.114. The summed E-state index contributed by atoms with van der Waals surface area (Å²) in [6, 6.07) is 7.12. The number of anilines is 1. The van der Waals surface area contributed by atoms with Gasteiger partial charge in [0.2, 0.25) is 5.91 Å². The predicted octanol–water partition coefficient (Wildman–Crippen LogP) is 1.25. The number of aromatic nitrogens is 2. The Balaban J connectivity index is 2.31. The third-order valence-electron chi connectivity index (χ3n) is 3.07. The number of amides is 1. The summed E-state index contributed by atoms with van der Waals surface area (Å²) < 4.78 is 6.60. The normalized spacial score (nSPS) is 10.3. The Morgan fingerprint density at radius 1 is 1.41 bits per heavy atom. The summed E-state index contributed by atoms with van der Waals surface area (Å²) in [6.07, 6.45) is 1.47. The molecular formula is C15H18N4O3. The molecule has 1 aromatic carbocycles. The van der Waals surface area contributed by atoms with Crippen LogP contribution in [0, 0.1) is 6.92 Å². The van der Waals surface area contributed by atoms with E-state index in [0.29, 0.717) is 23.6 Å². The molecule has 22 heavy (non-hydrogen) atoms. The molecule has 7 heteroatoms. The molecular weight excluding hydrogens is 284 g/mol. The fourth-order valence-electron chi connectivity index (χ4n) is 2.01. The number of carbonyl (C=O) groups is 2. The molecule has 0 aliphatic heterocycles. The van der Waals surface area contributed by atoms with Crippen LogP contribution in [0.3, 0.4) is 0 Å². The van der Waals surface area contributed by atoms with Crippen LogP contribution in [0.25, 0.3) is 5.69 Å². The van der Waals surface area contributed by atoms with Crippen molar-refractivity contribution >= 4 is 17.6 Å². The van der Waals surface area contributed by atoms with Crippen LogP contribution in [-0.4, -0.2) is 34.8 Å². The van der Waals surface area contributed by atoms with Gasteiger partial charge in [-0.3, -0.25) is 4.79 Å². The minimum atomic E-state index is -0.404. The van der Waals surface area contributed by atoms with Crippen molar-refractivity contribution in [2.75, 3.05) is 18.5 Å². The second kappa shape index (κ2) is 6.86. The Morgan fingerprint density at radius 3 is 2.86 bits per heavy atom. The molecule has 1 heterocycles. The summed E-state index contributed by atoms with van der Waals surface area (Å²) >= 11 is 0. The third kappa shape index (κ3) is 3.32. The average molecular weight is 302 g/mol. The van der Waals surface area contributed by atoms with Crippen LogP contribution < -0.4 is 11.1 Å². The molecule has 0 aliphatic rings. The SMILES string of the molecule is CCOC(=O)c1cnn(-c2cccc(NC(=O)CN)c2)c1C. The van der Waals surface area contributed by atoms with Crippen molar-refractivity contribution < 1.29 is 14.3 Å². The quantitative estimate of drug-likeness (QED) is 0.810. The van der Waals surface area contributed by atoms with Crippen molar-refractivity contribution in [2.45, 2.75) is 13.8 Å². The number of ether oxygens (including phenoxy) is 1. The monoisotopic (exact) mass is 302 g/mol. The van der Waals surface area contributed by atoms with E-state index in [2.05, 4.69) is 10.4 Å². The van der Waals surface area contributed by atoms with Gasteiger partial charge in [0, 0.05) is 5.69 Å². The number of hydrogen-bond acceptors (Lipinski definition) is 5. The van der Waals surface area contributed by atoms with Crippen LogP contribution in [0.4, 0.5) is 5.69 Å². The molecule has 0 aliphatic carbocycles. The Morgan fingerprint density at radius 2 is 2.18 bits per heavy atom. The molecule has 7 nitrogen and oxygen atoms in total. The van der Waals surface area contributed by atoms with E-state index >= 15 is 0 Å². The maximum absolute atomic E-state index is 11.8. The van der Waals surface area contributed by atoms with E-state index in [1.54, 1.807) is 36.7 Å². The lowest BCUT2D eigenvalue weighted by Gasteiger charge is -2.08.